The molecule has 0 bridgehead atoms. The average Bonchev–Trinajstić information content (AvgIpc) is 3.37. The first-order valence-electron chi connectivity index (χ1n) is 8.83. The molecular weight excluding hydrogens is 396 g/mol. The number of thiophene rings is 1. The maximum Gasteiger partial charge on any atom is 0.292 e. The van der Waals surface area contributed by atoms with Crippen LogP contribution in [0.4, 0.5) is 11.4 Å². The van der Waals surface area contributed by atoms with E-state index in [1.807, 2.05) is 34.2 Å². The molecule has 2 aromatic heterocycles. The molecule has 0 radical (unpaired) electrons. The van der Waals surface area contributed by atoms with Gasteiger partial charge in [0.05, 0.1) is 15.5 Å². The van der Waals surface area contributed by atoms with Crippen LogP contribution in [0.2, 0.25) is 0 Å². The molecule has 9 heteroatoms. The summed E-state index contributed by atoms with van der Waals surface area (Å²) in [5, 5.41) is 14.1. The van der Waals surface area contributed by atoms with Crippen molar-refractivity contribution in [1.82, 2.24) is 9.88 Å². The second-order valence-electron chi connectivity index (χ2n) is 6.44. The van der Waals surface area contributed by atoms with Gasteiger partial charge < -0.3 is 9.80 Å². The minimum absolute atomic E-state index is 0.0139. The van der Waals surface area contributed by atoms with Gasteiger partial charge in [-0.05, 0) is 24.4 Å². The number of rotatable bonds is 4. The minimum Gasteiger partial charge on any atom is -0.362 e. The number of para-hydroxylation sites is 2. The summed E-state index contributed by atoms with van der Waals surface area (Å²) in [5.74, 6) is -0.0139. The molecular formula is C19H18N4O3S2. The summed E-state index contributed by atoms with van der Waals surface area (Å²) in [4.78, 5) is 34.0. The molecule has 3 aromatic rings. The van der Waals surface area contributed by atoms with Crippen molar-refractivity contribution in [2.24, 2.45) is 0 Å². The Hall–Kier alpha value is -2.78. The molecule has 3 heterocycles. The smallest absolute Gasteiger partial charge is 0.292 e. The zero-order valence-corrected chi connectivity index (χ0v) is 16.8. The third kappa shape index (κ3) is 3.50. The Bertz CT molecular complexity index is 1010. The lowest BCUT2D eigenvalue weighted by Crippen LogP contribution is -2.48. The van der Waals surface area contributed by atoms with Gasteiger partial charge in [0.15, 0.2) is 0 Å². The number of benzene rings is 1. The molecule has 1 aliphatic rings. The molecule has 0 aliphatic carbocycles. The first kappa shape index (κ1) is 18.6. The molecule has 1 saturated heterocycles. The highest BCUT2D eigenvalue weighted by Crippen LogP contribution is 2.32. The molecule has 0 spiro atoms. The van der Waals surface area contributed by atoms with Crippen LogP contribution >= 0.6 is 22.7 Å². The molecule has 1 fully saturated rings. The summed E-state index contributed by atoms with van der Waals surface area (Å²) in [6, 6.07) is 10.7. The summed E-state index contributed by atoms with van der Waals surface area (Å²) in [6.45, 7) is 4.04. The van der Waals surface area contributed by atoms with Gasteiger partial charge in [0, 0.05) is 32.2 Å². The number of carbonyl (C=O) groups is 1. The number of piperazine rings is 1. The lowest BCUT2D eigenvalue weighted by atomic mass is 10.2. The molecule has 4 rings (SSSR count). The van der Waals surface area contributed by atoms with Crippen molar-refractivity contribution in [2.45, 2.75) is 6.92 Å². The van der Waals surface area contributed by atoms with Crippen molar-refractivity contribution in [3.05, 3.63) is 62.5 Å². The maximum atomic E-state index is 13.0. The highest BCUT2D eigenvalue weighted by molar-refractivity contribution is 7.22. The molecule has 0 unspecified atom stereocenters. The molecule has 0 saturated carbocycles. The number of hydrogen-bond acceptors (Lipinski definition) is 7. The number of amides is 1. The number of aromatic nitrogens is 1. The van der Waals surface area contributed by atoms with E-state index in [1.165, 1.54) is 17.4 Å². The van der Waals surface area contributed by atoms with E-state index >= 15 is 0 Å². The van der Waals surface area contributed by atoms with E-state index in [9.17, 15) is 14.9 Å². The van der Waals surface area contributed by atoms with Crippen molar-refractivity contribution < 1.29 is 9.72 Å². The van der Waals surface area contributed by atoms with Gasteiger partial charge >= 0.3 is 0 Å². The number of thiazole rings is 1. The van der Waals surface area contributed by atoms with Gasteiger partial charge in [-0.3, -0.25) is 14.9 Å². The third-order valence-corrected chi connectivity index (χ3v) is 6.89. The number of anilines is 1. The van der Waals surface area contributed by atoms with Gasteiger partial charge in [0.25, 0.3) is 11.6 Å². The van der Waals surface area contributed by atoms with Gasteiger partial charge in [-0.15, -0.1) is 22.7 Å². The lowest BCUT2D eigenvalue weighted by Gasteiger charge is -2.35. The van der Waals surface area contributed by atoms with Gasteiger partial charge in [-0.2, -0.15) is 0 Å². The SMILES string of the molecule is Cc1nc(-c2cccs2)sc1C(=O)N1CCN(c2ccccc2[N+](=O)[O-])CC1. The molecule has 0 atom stereocenters. The summed E-state index contributed by atoms with van der Waals surface area (Å²) >= 11 is 3.04. The molecule has 1 amide bonds. The first-order chi connectivity index (χ1) is 13.5. The van der Waals surface area contributed by atoms with E-state index < -0.39 is 0 Å². The van der Waals surface area contributed by atoms with Crippen LogP contribution in [0, 0.1) is 17.0 Å². The molecule has 144 valence electrons. The number of hydrogen-bond donors (Lipinski definition) is 0. The molecule has 1 aliphatic heterocycles. The highest BCUT2D eigenvalue weighted by atomic mass is 32.1. The second-order valence-corrected chi connectivity index (χ2v) is 8.38. The number of nitro benzene ring substituents is 1. The summed E-state index contributed by atoms with van der Waals surface area (Å²) in [6.07, 6.45) is 0. The largest absolute Gasteiger partial charge is 0.362 e. The van der Waals surface area contributed by atoms with Crippen LogP contribution in [0.15, 0.2) is 41.8 Å². The Morgan fingerprint density at radius 2 is 1.89 bits per heavy atom. The van der Waals surface area contributed by atoms with Crippen LogP contribution in [0.1, 0.15) is 15.4 Å². The van der Waals surface area contributed by atoms with Crippen molar-refractivity contribution in [3.8, 4) is 9.88 Å². The summed E-state index contributed by atoms with van der Waals surface area (Å²) < 4.78 is 0. The Morgan fingerprint density at radius 1 is 1.14 bits per heavy atom. The van der Waals surface area contributed by atoms with Gasteiger partial charge in [0.2, 0.25) is 0 Å². The Labute approximate surface area is 170 Å². The predicted octanol–water partition coefficient (Wildman–Crippen LogP) is 4.05. The van der Waals surface area contributed by atoms with Crippen LogP contribution in [-0.4, -0.2) is 46.9 Å². The summed E-state index contributed by atoms with van der Waals surface area (Å²) in [5.41, 5.74) is 1.45. The van der Waals surface area contributed by atoms with E-state index in [2.05, 4.69) is 4.98 Å². The number of carbonyl (C=O) groups excluding carboxylic acids is 1. The monoisotopic (exact) mass is 414 g/mol. The maximum absolute atomic E-state index is 13.0. The van der Waals surface area contributed by atoms with Gasteiger partial charge in [-0.1, -0.05) is 18.2 Å². The normalized spacial score (nSPS) is 14.3. The van der Waals surface area contributed by atoms with E-state index in [1.54, 1.807) is 29.5 Å². The van der Waals surface area contributed by atoms with E-state index in [0.29, 0.717) is 36.7 Å². The first-order valence-corrected chi connectivity index (χ1v) is 10.5. The fourth-order valence-electron chi connectivity index (χ4n) is 3.28. The molecule has 0 N–H and O–H groups in total. The van der Waals surface area contributed by atoms with E-state index in [4.69, 9.17) is 0 Å². The summed E-state index contributed by atoms with van der Waals surface area (Å²) in [7, 11) is 0. The van der Waals surface area contributed by atoms with Crippen molar-refractivity contribution in [3.63, 3.8) is 0 Å². The van der Waals surface area contributed by atoms with Crippen LogP contribution in [0.25, 0.3) is 9.88 Å². The van der Waals surface area contributed by atoms with E-state index in [0.717, 1.165) is 15.6 Å². The zero-order chi connectivity index (χ0) is 19.7. The Morgan fingerprint density at radius 3 is 2.57 bits per heavy atom. The van der Waals surface area contributed by atoms with Gasteiger partial charge in [-0.25, -0.2) is 4.98 Å². The van der Waals surface area contributed by atoms with E-state index in [-0.39, 0.29) is 16.5 Å². The van der Waals surface area contributed by atoms with Crippen molar-refractivity contribution in [1.29, 1.82) is 0 Å². The second kappa shape index (κ2) is 7.69. The third-order valence-electron chi connectivity index (χ3n) is 4.71. The predicted molar refractivity (Wildman–Crippen MR) is 111 cm³/mol. The molecule has 7 nitrogen and oxygen atoms in total. The average molecular weight is 415 g/mol. The fraction of sp³-hybridized carbons (Fsp3) is 0.263. The Kier molecular flexibility index (Phi) is 5.10. The quantitative estimate of drug-likeness (QED) is 0.475. The standard InChI is InChI=1S/C19H18N4O3S2/c1-13-17(28-18(20-13)16-7-4-12-27-16)19(24)22-10-8-21(9-11-22)14-5-2-3-6-15(14)23(25)26/h2-7,12H,8-11H2,1H3. The van der Waals surface area contributed by atoms with Crippen molar-refractivity contribution >= 4 is 40.0 Å². The lowest BCUT2D eigenvalue weighted by molar-refractivity contribution is -0.384. The number of nitrogens with zero attached hydrogens (tertiary/aromatic N) is 4. The number of nitro groups is 1. The van der Waals surface area contributed by atoms with Crippen LogP contribution in [-0.2, 0) is 0 Å². The van der Waals surface area contributed by atoms with Crippen LogP contribution in [0.5, 0.6) is 0 Å². The fourth-order valence-corrected chi connectivity index (χ4v) is 5.11. The zero-order valence-electron chi connectivity index (χ0n) is 15.2. The van der Waals surface area contributed by atoms with Crippen LogP contribution < -0.4 is 4.90 Å². The molecule has 1 aromatic carbocycles. The molecule has 28 heavy (non-hydrogen) atoms. The highest BCUT2D eigenvalue weighted by Gasteiger charge is 2.28. The topological polar surface area (TPSA) is 79.6 Å². The number of aryl methyl sites for hydroxylation is 1. The van der Waals surface area contributed by atoms with Crippen LogP contribution in [0.3, 0.4) is 0 Å². The van der Waals surface area contributed by atoms with Gasteiger partial charge in [0.1, 0.15) is 15.6 Å². The van der Waals surface area contributed by atoms with Crippen molar-refractivity contribution in [2.75, 3.05) is 31.1 Å². The Balaban J connectivity index is 1.47. The minimum atomic E-state index is -0.361.